The normalized spacial score (nSPS) is 10.1. The van der Waals surface area contributed by atoms with Gasteiger partial charge in [-0.1, -0.05) is 84.9 Å². The topological polar surface area (TPSA) is 0 Å². The van der Waals surface area contributed by atoms with E-state index in [1.807, 2.05) is 0 Å². The van der Waals surface area contributed by atoms with Gasteiger partial charge in [0.05, 0.1) is 6.16 Å². The Hall–Kier alpha value is -1.59. The summed E-state index contributed by atoms with van der Waals surface area (Å²) in [4.78, 5) is 0. The van der Waals surface area contributed by atoms with E-state index in [0.29, 0.717) is 0 Å². The van der Waals surface area contributed by atoms with Crippen LogP contribution in [0.3, 0.4) is 0 Å². The van der Waals surface area contributed by atoms with E-state index in [-0.39, 0.29) is 41.9 Å². The van der Waals surface area contributed by atoms with Crippen molar-refractivity contribution in [3.63, 3.8) is 0 Å². The number of rotatable bonds is 5. The minimum atomic E-state index is -1.78. The van der Waals surface area contributed by atoms with Gasteiger partial charge in [0.25, 0.3) is 0 Å². The second kappa shape index (κ2) is 12.2. The van der Waals surface area contributed by atoms with Gasteiger partial charge < -0.3 is 24.8 Å². The first kappa shape index (κ1) is 25.4. The molecule has 4 rings (SSSR count). The van der Waals surface area contributed by atoms with Crippen LogP contribution >= 0.6 is 7.26 Å². The van der Waals surface area contributed by atoms with E-state index >= 15 is 0 Å². The van der Waals surface area contributed by atoms with Gasteiger partial charge in [-0.15, -0.1) is 0 Å². The molecule has 0 aliphatic rings. The number of hydrogen-bond donors (Lipinski definition) is 0. The predicted molar refractivity (Wildman–Crippen MR) is 115 cm³/mol. The smallest absolute Gasteiger partial charge is 1.00 e. The molecule has 1 radical (unpaired) electrons. The fourth-order valence-electron chi connectivity index (χ4n) is 3.63. The van der Waals surface area contributed by atoms with Crippen molar-refractivity contribution in [1.82, 2.24) is 0 Å². The zero-order valence-corrected chi connectivity index (χ0v) is 19.4. The molecule has 0 N–H and O–H groups in total. The summed E-state index contributed by atoms with van der Waals surface area (Å²) in [7, 11) is -1.78. The van der Waals surface area contributed by atoms with Crippen LogP contribution in [0.15, 0.2) is 121 Å². The molecule has 0 saturated carbocycles. The van der Waals surface area contributed by atoms with Gasteiger partial charge in [0.1, 0.15) is 23.2 Å². The van der Waals surface area contributed by atoms with Gasteiger partial charge >= 0.3 is 17.1 Å². The third kappa shape index (κ3) is 5.52. The Morgan fingerprint density at radius 1 is 0.414 bits per heavy atom. The maximum Gasteiger partial charge on any atom is 2.00 e. The van der Waals surface area contributed by atoms with E-state index in [2.05, 4.69) is 121 Å². The second-order valence-electron chi connectivity index (χ2n) is 6.46. The van der Waals surface area contributed by atoms with Crippen LogP contribution in [0.4, 0.5) is 0 Å². The van der Waals surface area contributed by atoms with Gasteiger partial charge in [-0.05, 0) is 42.0 Å². The molecule has 147 valence electrons. The molecule has 0 aliphatic heterocycles. The van der Waals surface area contributed by atoms with Crippen molar-refractivity contribution < 1.29 is 41.9 Å². The first-order chi connectivity index (χ1) is 12.9. The quantitative estimate of drug-likeness (QED) is 0.260. The maximum absolute atomic E-state index is 2.30. The molecule has 4 aromatic rings. The van der Waals surface area contributed by atoms with Crippen molar-refractivity contribution in [3.8, 4) is 0 Å². The van der Waals surface area contributed by atoms with Gasteiger partial charge in [0.15, 0.2) is 0 Å². The Kier molecular flexibility index (Phi) is 10.7. The zero-order valence-electron chi connectivity index (χ0n) is 15.8. The molecule has 29 heavy (non-hydrogen) atoms. The fraction of sp³-hybridized carbons (Fsp3) is 0.0400. The summed E-state index contributed by atoms with van der Waals surface area (Å²) < 4.78 is 0. The fourth-order valence-corrected chi connectivity index (χ4v) is 7.87. The molecule has 0 amide bonds. The molecule has 0 fully saturated rings. The minimum absolute atomic E-state index is 0. The molecule has 0 spiro atoms. The van der Waals surface area contributed by atoms with Gasteiger partial charge in [-0.2, -0.15) is 0 Å². The standard InChI is InChI=1S/C25H22P.2ClH.Mn/c1-5-13-22(14-6-1)21-26(23-15-7-2-8-16-23,24-17-9-3-10-18-24)25-19-11-4-12-20-25;;;/h1-20H,21H2;2*1H;/q+1;;;+2/p-2. The van der Waals surface area contributed by atoms with Crippen LogP contribution < -0.4 is 40.7 Å². The van der Waals surface area contributed by atoms with Crippen molar-refractivity contribution in [2.24, 2.45) is 0 Å². The predicted octanol–water partition coefficient (Wildman–Crippen LogP) is -0.814. The Labute approximate surface area is 197 Å². The van der Waals surface area contributed by atoms with Crippen molar-refractivity contribution in [2.45, 2.75) is 6.16 Å². The first-order valence-corrected chi connectivity index (χ1v) is 11.0. The van der Waals surface area contributed by atoms with E-state index in [4.69, 9.17) is 0 Å². The molecule has 4 heteroatoms. The van der Waals surface area contributed by atoms with Gasteiger partial charge in [0, 0.05) is 0 Å². The maximum atomic E-state index is 2.30. The summed E-state index contributed by atoms with van der Waals surface area (Å²) in [5.41, 5.74) is 1.39. The number of hydrogen-bond acceptors (Lipinski definition) is 0. The van der Waals surface area contributed by atoms with Crippen LogP contribution in [0.2, 0.25) is 0 Å². The Morgan fingerprint density at radius 3 is 1.00 bits per heavy atom. The van der Waals surface area contributed by atoms with Gasteiger partial charge in [-0.25, -0.2) is 0 Å². The van der Waals surface area contributed by atoms with E-state index in [1.165, 1.54) is 21.5 Å². The molecule has 0 unspecified atom stereocenters. The second-order valence-corrected chi connectivity index (χ2v) is 9.95. The summed E-state index contributed by atoms with van der Waals surface area (Å²) in [5, 5.41) is 4.30. The number of halogens is 2. The van der Waals surface area contributed by atoms with Crippen LogP contribution in [0.1, 0.15) is 5.56 Å². The molecule has 0 nitrogen and oxygen atoms in total. The van der Waals surface area contributed by atoms with Crippen molar-refractivity contribution >= 4 is 23.2 Å². The molecule has 0 aliphatic carbocycles. The zero-order chi connectivity index (χ0) is 17.7. The van der Waals surface area contributed by atoms with E-state index in [1.54, 1.807) is 0 Å². The Balaban J connectivity index is 0.00000140. The van der Waals surface area contributed by atoms with Crippen molar-refractivity contribution in [3.05, 3.63) is 127 Å². The SMILES string of the molecule is [Cl-].[Cl-].[Mn+2].c1ccc(C[P+](c2ccccc2)(c2ccccc2)c2ccccc2)cc1. The van der Waals surface area contributed by atoms with E-state index < -0.39 is 7.26 Å². The Morgan fingerprint density at radius 2 is 0.690 bits per heavy atom. The third-order valence-corrected chi connectivity index (χ3v) is 9.23. The summed E-state index contributed by atoms with van der Waals surface area (Å²) in [5.74, 6) is 0. The minimum Gasteiger partial charge on any atom is -1.00 e. The third-order valence-electron chi connectivity index (χ3n) is 4.85. The molecular weight excluding hydrogens is 457 g/mol. The summed E-state index contributed by atoms with van der Waals surface area (Å²) in [6.07, 6.45) is 1.03. The Bertz CT molecular complexity index is 852. The first-order valence-electron chi connectivity index (χ1n) is 8.98. The van der Waals surface area contributed by atoms with Gasteiger partial charge in [0.2, 0.25) is 0 Å². The molecule has 4 aromatic carbocycles. The van der Waals surface area contributed by atoms with Gasteiger partial charge in [-0.3, -0.25) is 0 Å². The molecule has 0 atom stereocenters. The van der Waals surface area contributed by atoms with Crippen LogP contribution in [0.5, 0.6) is 0 Å². The monoisotopic (exact) mass is 478 g/mol. The molecule has 0 aromatic heterocycles. The molecule has 0 bridgehead atoms. The van der Waals surface area contributed by atoms with Crippen LogP contribution in [0.25, 0.3) is 0 Å². The average Bonchev–Trinajstić information content (AvgIpc) is 2.75. The van der Waals surface area contributed by atoms with Crippen molar-refractivity contribution in [1.29, 1.82) is 0 Å². The summed E-state index contributed by atoms with van der Waals surface area (Å²) in [6, 6.07) is 44.0. The van der Waals surface area contributed by atoms with E-state index in [9.17, 15) is 0 Å². The molecule has 0 heterocycles. The molecule has 0 saturated heterocycles. The summed E-state index contributed by atoms with van der Waals surface area (Å²) in [6.45, 7) is 0. The van der Waals surface area contributed by atoms with E-state index in [0.717, 1.165) is 6.16 Å². The van der Waals surface area contributed by atoms with Crippen molar-refractivity contribution in [2.75, 3.05) is 0 Å². The molecular formula is C25H22Cl2MnP+. The summed E-state index contributed by atoms with van der Waals surface area (Å²) >= 11 is 0. The number of benzene rings is 4. The largest absolute Gasteiger partial charge is 2.00 e. The van der Waals surface area contributed by atoms with Crippen LogP contribution in [0, 0.1) is 0 Å². The van der Waals surface area contributed by atoms with Crippen LogP contribution in [-0.4, -0.2) is 0 Å². The average molecular weight is 479 g/mol. The van der Waals surface area contributed by atoms with Crippen LogP contribution in [-0.2, 0) is 23.2 Å².